The summed E-state index contributed by atoms with van der Waals surface area (Å²) in [5.41, 5.74) is 17.0. The fourth-order valence-corrected chi connectivity index (χ4v) is 8.63. The Balaban J connectivity index is 0.962. The van der Waals surface area contributed by atoms with E-state index in [4.69, 9.17) is 4.42 Å². The lowest BCUT2D eigenvalue weighted by Gasteiger charge is -2.26. The average molecular weight is 766 g/mol. The lowest BCUT2D eigenvalue weighted by molar-refractivity contribution is 0.673. The zero-order chi connectivity index (χ0) is 39.8. The Morgan fingerprint density at radius 2 is 0.717 bits per heavy atom. The third kappa shape index (κ3) is 6.51. The minimum absolute atomic E-state index is 0.897. The van der Waals surface area contributed by atoms with Crippen molar-refractivity contribution in [2.75, 3.05) is 4.90 Å². The van der Waals surface area contributed by atoms with Gasteiger partial charge in [0.1, 0.15) is 11.2 Å². The van der Waals surface area contributed by atoms with E-state index < -0.39 is 0 Å². The molecule has 0 saturated carbocycles. The molecule has 11 aromatic rings. The summed E-state index contributed by atoms with van der Waals surface area (Å²) in [5, 5.41) is 4.59. The van der Waals surface area contributed by atoms with E-state index in [2.05, 4.69) is 241 Å². The van der Waals surface area contributed by atoms with Gasteiger partial charge in [0.25, 0.3) is 0 Å². The van der Waals surface area contributed by atoms with E-state index in [0.29, 0.717) is 0 Å². The van der Waals surface area contributed by atoms with Crippen LogP contribution in [-0.4, -0.2) is 0 Å². The summed E-state index contributed by atoms with van der Waals surface area (Å²) >= 11 is 0. The minimum Gasteiger partial charge on any atom is -0.455 e. The number of furan rings is 1. The molecule has 1 heterocycles. The Bertz CT molecular complexity index is 3260. The van der Waals surface area contributed by atoms with E-state index in [1.54, 1.807) is 0 Å². The molecule has 0 aliphatic carbocycles. The van der Waals surface area contributed by atoms with Gasteiger partial charge >= 0.3 is 0 Å². The molecular weight excluding hydrogens is 727 g/mol. The summed E-state index contributed by atoms with van der Waals surface area (Å²) in [6.45, 7) is 0. The maximum Gasteiger partial charge on any atom is 0.143 e. The Kier molecular flexibility index (Phi) is 8.87. The second-order valence-electron chi connectivity index (χ2n) is 15.3. The monoisotopic (exact) mass is 765 g/mol. The van der Waals surface area contributed by atoms with E-state index in [9.17, 15) is 0 Å². The highest BCUT2D eigenvalue weighted by molar-refractivity contribution is 6.19. The van der Waals surface area contributed by atoms with E-state index in [-0.39, 0.29) is 0 Å². The van der Waals surface area contributed by atoms with Crippen molar-refractivity contribution in [3.8, 4) is 55.6 Å². The summed E-state index contributed by atoms with van der Waals surface area (Å²) in [5.74, 6) is 0. The molecule has 11 rings (SSSR count). The maximum atomic E-state index is 6.54. The first-order valence-corrected chi connectivity index (χ1v) is 20.5. The standard InChI is InChI=1S/C58H39NO/c1-3-11-40(12-4-1)42-21-23-43(24-22-42)44-25-32-50(33-26-44)59(51-34-27-45(28-35-51)49-17-9-16-48(39-49)41-13-5-2-6-14-41)52-36-29-47(30-37-52)53-19-10-20-56-57(53)55-38-31-46-15-7-8-18-54(46)58(55)60-56/h1-39H. The highest BCUT2D eigenvalue weighted by atomic mass is 16.3. The molecular formula is C58H39NO. The van der Waals surface area contributed by atoms with Crippen molar-refractivity contribution in [3.05, 3.63) is 237 Å². The molecule has 282 valence electrons. The van der Waals surface area contributed by atoms with Gasteiger partial charge < -0.3 is 9.32 Å². The van der Waals surface area contributed by atoms with Gasteiger partial charge in [-0.1, -0.05) is 182 Å². The van der Waals surface area contributed by atoms with Gasteiger partial charge in [-0.05, 0) is 116 Å². The molecule has 0 aliphatic heterocycles. The van der Waals surface area contributed by atoms with Crippen LogP contribution < -0.4 is 4.90 Å². The quantitative estimate of drug-likeness (QED) is 0.153. The average Bonchev–Trinajstić information content (AvgIpc) is 3.73. The van der Waals surface area contributed by atoms with Crippen LogP contribution in [0, 0.1) is 0 Å². The molecule has 0 unspecified atom stereocenters. The van der Waals surface area contributed by atoms with Gasteiger partial charge in [-0.2, -0.15) is 0 Å². The Labute approximate surface area is 349 Å². The molecule has 60 heavy (non-hydrogen) atoms. The topological polar surface area (TPSA) is 16.4 Å². The number of hydrogen-bond acceptors (Lipinski definition) is 2. The van der Waals surface area contributed by atoms with Crippen LogP contribution in [0.5, 0.6) is 0 Å². The van der Waals surface area contributed by atoms with Gasteiger partial charge in [0.2, 0.25) is 0 Å². The van der Waals surface area contributed by atoms with Crippen LogP contribution in [0.3, 0.4) is 0 Å². The zero-order valence-electron chi connectivity index (χ0n) is 32.9. The largest absolute Gasteiger partial charge is 0.455 e. The first kappa shape index (κ1) is 35.2. The van der Waals surface area contributed by atoms with Crippen LogP contribution in [0.1, 0.15) is 0 Å². The third-order valence-corrected chi connectivity index (χ3v) is 11.7. The zero-order valence-corrected chi connectivity index (χ0v) is 32.9. The number of fused-ring (bicyclic) bond motifs is 5. The van der Waals surface area contributed by atoms with Crippen LogP contribution in [0.15, 0.2) is 241 Å². The van der Waals surface area contributed by atoms with E-state index in [1.807, 2.05) is 0 Å². The third-order valence-electron chi connectivity index (χ3n) is 11.7. The molecule has 0 fully saturated rings. The van der Waals surface area contributed by atoms with Crippen LogP contribution in [0.25, 0.3) is 88.3 Å². The normalized spacial score (nSPS) is 11.3. The van der Waals surface area contributed by atoms with Crippen molar-refractivity contribution in [2.45, 2.75) is 0 Å². The van der Waals surface area contributed by atoms with Gasteiger partial charge in [-0.3, -0.25) is 0 Å². The summed E-state index contributed by atoms with van der Waals surface area (Å²) in [4.78, 5) is 2.34. The summed E-state index contributed by atoms with van der Waals surface area (Å²) < 4.78 is 6.54. The summed E-state index contributed by atoms with van der Waals surface area (Å²) in [6, 6.07) is 84.7. The van der Waals surface area contributed by atoms with E-state index >= 15 is 0 Å². The molecule has 1 aromatic heterocycles. The summed E-state index contributed by atoms with van der Waals surface area (Å²) in [6.07, 6.45) is 0. The van der Waals surface area contributed by atoms with E-state index in [0.717, 1.165) is 55.5 Å². The van der Waals surface area contributed by atoms with Crippen molar-refractivity contribution in [1.82, 2.24) is 0 Å². The van der Waals surface area contributed by atoms with E-state index in [1.165, 1.54) is 49.9 Å². The lowest BCUT2D eigenvalue weighted by Crippen LogP contribution is -2.09. The van der Waals surface area contributed by atoms with Crippen molar-refractivity contribution >= 4 is 49.8 Å². The molecule has 10 aromatic carbocycles. The molecule has 0 saturated heterocycles. The van der Waals surface area contributed by atoms with Gasteiger partial charge in [0.15, 0.2) is 0 Å². The highest BCUT2D eigenvalue weighted by Crippen LogP contribution is 2.42. The molecule has 0 amide bonds. The predicted molar refractivity (Wildman–Crippen MR) is 253 cm³/mol. The minimum atomic E-state index is 0.897. The molecule has 0 N–H and O–H groups in total. The van der Waals surface area contributed by atoms with Crippen molar-refractivity contribution in [1.29, 1.82) is 0 Å². The molecule has 2 nitrogen and oxygen atoms in total. The SMILES string of the molecule is c1ccc(-c2ccc(-c3ccc(N(c4ccc(-c5cccc(-c6ccccc6)c5)cc4)c4ccc(-c5cccc6oc7c8ccccc8ccc7c56)cc4)cc3)cc2)cc1. The first-order chi connectivity index (χ1) is 29.7. The van der Waals surface area contributed by atoms with Crippen molar-refractivity contribution < 1.29 is 4.42 Å². The molecule has 0 spiro atoms. The van der Waals surface area contributed by atoms with Crippen LogP contribution in [0.2, 0.25) is 0 Å². The van der Waals surface area contributed by atoms with Crippen molar-refractivity contribution in [2.24, 2.45) is 0 Å². The van der Waals surface area contributed by atoms with Crippen LogP contribution in [0.4, 0.5) is 17.1 Å². The number of nitrogens with zero attached hydrogens (tertiary/aromatic N) is 1. The van der Waals surface area contributed by atoms with Crippen LogP contribution in [-0.2, 0) is 0 Å². The highest BCUT2D eigenvalue weighted by Gasteiger charge is 2.17. The second kappa shape index (κ2) is 15.1. The Morgan fingerprint density at radius 1 is 0.283 bits per heavy atom. The number of hydrogen-bond donors (Lipinski definition) is 0. The fraction of sp³-hybridized carbons (Fsp3) is 0. The Hall–Kier alpha value is -7.94. The molecule has 0 atom stereocenters. The van der Waals surface area contributed by atoms with Crippen molar-refractivity contribution in [3.63, 3.8) is 0 Å². The Morgan fingerprint density at radius 3 is 1.30 bits per heavy atom. The molecule has 2 heteroatoms. The first-order valence-electron chi connectivity index (χ1n) is 20.5. The lowest BCUT2D eigenvalue weighted by atomic mass is 9.97. The summed E-state index contributed by atoms with van der Waals surface area (Å²) in [7, 11) is 0. The number of rotatable bonds is 8. The second-order valence-corrected chi connectivity index (χ2v) is 15.3. The van der Waals surface area contributed by atoms with Gasteiger partial charge in [0, 0.05) is 33.2 Å². The number of anilines is 3. The number of benzene rings is 10. The predicted octanol–water partition coefficient (Wildman–Crippen LogP) is 16.5. The fourth-order valence-electron chi connectivity index (χ4n) is 8.63. The van der Waals surface area contributed by atoms with Crippen LogP contribution >= 0.6 is 0 Å². The molecule has 0 radical (unpaired) electrons. The molecule has 0 bridgehead atoms. The van der Waals surface area contributed by atoms with Gasteiger partial charge in [-0.15, -0.1) is 0 Å². The van der Waals surface area contributed by atoms with Gasteiger partial charge in [0.05, 0.1) is 0 Å². The van der Waals surface area contributed by atoms with Gasteiger partial charge in [-0.25, -0.2) is 0 Å². The molecule has 0 aliphatic rings. The maximum absolute atomic E-state index is 6.54. The smallest absolute Gasteiger partial charge is 0.143 e.